The Kier molecular flexibility index (Phi) is 9.32. The molecule has 10 nitrogen and oxygen atoms in total. The van der Waals surface area contributed by atoms with Gasteiger partial charge in [0.05, 0.1) is 7.11 Å². The zero-order chi connectivity index (χ0) is 26.1. The van der Waals surface area contributed by atoms with Crippen LogP contribution in [0.1, 0.15) is 41.1 Å². The molecule has 0 aliphatic carbocycles. The molecule has 0 spiro atoms. The van der Waals surface area contributed by atoms with Crippen LogP contribution in [0.15, 0.2) is 47.0 Å². The van der Waals surface area contributed by atoms with E-state index in [1.54, 1.807) is 6.92 Å². The number of benzene rings is 1. The van der Waals surface area contributed by atoms with Gasteiger partial charge in [0.2, 0.25) is 11.8 Å². The number of piperidine rings is 1. The van der Waals surface area contributed by atoms with Gasteiger partial charge in [-0.2, -0.15) is 0 Å². The smallest absolute Gasteiger partial charge is 0.330 e. The minimum Gasteiger partial charge on any atom is -0.466 e. The SMILES string of the molecule is COC(=O)C=CC(CC1CCCNC1=O)NC(=O)C(Cc1ccc(F)cc1)NC(=O)c1cc(C)on1. The molecule has 2 heterocycles. The highest BCUT2D eigenvalue weighted by molar-refractivity contribution is 5.96. The fraction of sp³-hybridized carbons (Fsp3) is 0.400. The van der Waals surface area contributed by atoms with E-state index in [-0.39, 0.29) is 30.4 Å². The van der Waals surface area contributed by atoms with Crippen LogP contribution in [-0.4, -0.2) is 54.6 Å². The topological polar surface area (TPSA) is 140 Å². The summed E-state index contributed by atoms with van der Waals surface area (Å²) in [4.78, 5) is 50.0. The maximum Gasteiger partial charge on any atom is 0.330 e. The van der Waals surface area contributed by atoms with Crippen molar-refractivity contribution in [2.75, 3.05) is 13.7 Å². The Hall–Kier alpha value is -4.02. The Morgan fingerprint density at radius 3 is 2.67 bits per heavy atom. The van der Waals surface area contributed by atoms with Gasteiger partial charge in [0.25, 0.3) is 5.91 Å². The average molecular weight is 501 g/mol. The lowest BCUT2D eigenvalue weighted by Gasteiger charge is -2.27. The molecule has 2 aromatic rings. The van der Waals surface area contributed by atoms with Crippen LogP contribution in [0.4, 0.5) is 4.39 Å². The number of aromatic nitrogens is 1. The Bertz CT molecular complexity index is 1110. The number of methoxy groups -OCH3 is 1. The number of carbonyl (C=O) groups is 4. The van der Waals surface area contributed by atoms with Crippen LogP contribution >= 0.6 is 0 Å². The average Bonchev–Trinajstić information content (AvgIpc) is 3.30. The number of esters is 1. The van der Waals surface area contributed by atoms with Gasteiger partial charge in [-0.05, 0) is 43.9 Å². The Morgan fingerprint density at radius 2 is 2.03 bits per heavy atom. The summed E-state index contributed by atoms with van der Waals surface area (Å²) >= 11 is 0. The monoisotopic (exact) mass is 500 g/mol. The number of amides is 3. The predicted molar refractivity (Wildman–Crippen MR) is 126 cm³/mol. The van der Waals surface area contributed by atoms with E-state index in [0.29, 0.717) is 24.3 Å². The summed E-state index contributed by atoms with van der Waals surface area (Å²) in [6.07, 6.45) is 4.40. The summed E-state index contributed by atoms with van der Waals surface area (Å²) in [7, 11) is 1.23. The lowest BCUT2D eigenvalue weighted by atomic mass is 9.91. The summed E-state index contributed by atoms with van der Waals surface area (Å²) in [5.74, 6) is -2.26. The van der Waals surface area contributed by atoms with Crippen molar-refractivity contribution in [2.45, 2.75) is 44.7 Å². The first-order valence-corrected chi connectivity index (χ1v) is 11.6. The van der Waals surface area contributed by atoms with Crippen molar-refractivity contribution in [1.82, 2.24) is 21.1 Å². The van der Waals surface area contributed by atoms with Crippen molar-refractivity contribution >= 4 is 23.7 Å². The van der Waals surface area contributed by atoms with Crippen LogP contribution < -0.4 is 16.0 Å². The normalized spacial score (nSPS) is 17.2. The first-order chi connectivity index (χ1) is 17.2. The Morgan fingerprint density at radius 1 is 1.28 bits per heavy atom. The van der Waals surface area contributed by atoms with Gasteiger partial charge >= 0.3 is 5.97 Å². The largest absolute Gasteiger partial charge is 0.466 e. The minimum absolute atomic E-state index is 0.00502. The summed E-state index contributed by atoms with van der Waals surface area (Å²) in [5, 5.41) is 11.9. The molecule has 1 aromatic heterocycles. The lowest BCUT2D eigenvalue weighted by Crippen LogP contribution is -2.51. The van der Waals surface area contributed by atoms with Crippen molar-refractivity contribution in [3.05, 3.63) is 65.3 Å². The summed E-state index contributed by atoms with van der Waals surface area (Å²) in [5.41, 5.74) is 0.618. The van der Waals surface area contributed by atoms with Crippen LogP contribution in [0.2, 0.25) is 0 Å². The van der Waals surface area contributed by atoms with Crippen molar-refractivity contribution < 1.29 is 32.8 Å². The van der Waals surface area contributed by atoms with Crippen LogP contribution in [0, 0.1) is 18.7 Å². The standard InChI is InChI=1S/C25H29FN4O6/c1-15-12-21(30-36-15)25(34)29-20(13-16-5-7-18(26)8-6-16)24(33)28-19(9-10-22(31)35-2)14-17-4-3-11-27-23(17)32/h5-10,12,17,19-20H,3-4,11,13-14H2,1-2H3,(H,27,32)(H,28,33)(H,29,34). The summed E-state index contributed by atoms with van der Waals surface area (Å²) < 4.78 is 23.0. The van der Waals surface area contributed by atoms with E-state index in [1.807, 2.05) is 0 Å². The molecule has 0 bridgehead atoms. The van der Waals surface area contributed by atoms with Crippen molar-refractivity contribution in [3.8, 4) is 0 Å². The highest BCUT2D eigenvalue weighted by Crippen LogP contribution is 2.18. The number of nitrogens with one attached hydrogen (secondary N) is 3. The zero-order valence-electron chi connectivity index (χ0n) is 20.1. The molecule has 1 aliphatic rings. The molecule has 3 unspecified atom stereocenters. The van der Waals surface area contributed by atoms with Crippen LogP contribution in [0.3, 0.4) is 0 Å². The van der Waals surface area contributed by atoms with E-state index in [1.165, 1.54) is 49.6 Å². The number of rotatable bonds is 10. The molecular formula is C25H29FN4O6. The zero-order valence-corrected chi connectivity index (χ0v) is 20.1. The molecule has 3 amide bonds. The molecule has 192 valence electrons. The first kappa shape index (κ1) is 26.6. The summed E-state index contributed by atoms with van der Waals surface area (Å²) in [6.45, 7) is 2.23. The highest BCUT2D eigenvalue weighted by Gasteiger charge is 2.29. The molecule has 1 saturated heterocycles. The maximum absolute atomic E-state index is 13.4. The second kappa shape index (κ2) is 12.6. The number of hydrogen-bond donors (Lipinski definition) is 3. The van der Waals surface area contributed by atoms with E-state index in [2.05, 4.69) is 25.8 Å². The molecule has 3 atom stereocenters. The number of hydrogen-bond acceptors (Lipinski definition) is 7. The molecule has 1 fully saturated rings. The van der Waals surface area contributed by atoms with Gasteiger partial charge in [-0.15, -0.1) is 0 Å². The second-order valence-electron chi connectivity index (χ2n) is 8.54. The van der Waals surface area contributed by atoms with Crippen molar-refractivity contribution in [2.24, 2.45) is 5.92 Å². The van der Waals surface area contributed by atoms with E-state index < -0.39 is 35.7 Å². The van der Waals surface area contributed by atoms with Gasteiger partial charge in [-0.25, -0.2) is 9.18 Å². The molecular weight excluding hydrogens is 471 g/mol. The van der Waals surface area contributed by atoms with Crippen LogP contribution in [0.5, 0.6) is 0 Å². The number of nitrogens with zero attached hydrogens (tertiary/aromatic N) is 1. The van der Waals surface area contributed by atoms with Gasteiger partial charge in [-0.3, -0.25) is 14.4 Å². The molecule has 0 radical (unpaired) electrons. The van der Waals surface area contributed by atoms with E-state index in [9.17, 15) is 23.6 Å². The molecule has 3 N–H and O–H groups in total. The first-order valence-electron chi connectivity index (χ1n) is 11.6. The molecule has 0 saturated carbocycles. The third kappa shape index (κ3) is 7.76. The second-order valence-corrected chi connectivity index (χ2v) is 8.54. The van der Waals surface area contributed by atoms with Gasteiger partial charge < -0.3 is 25.2 Å². The van der Waals surface area contributed by atoms with E-state index in [0.717, 1.165) is 6.42 Å². The van der Waals surface area contributed by atoms with Crippen molar-refractivity contribution in [3.63, 3.8) is 0 Å². The highest BCUT2D eigenvalue weighted by atomic mass is 19.1. The molecule has 1 aliphatic heterocycles. The van der Waals surface area contributed by atoms with Gasteiger partial charge in [-0.1, -0.05) is 23.4 Å². The lowest BCUT2D eigenvalue weighted by molar-refractivity contribution is -0.135. The van der Waals surface area contributed by atoms with Gasteiger partial charge in [0.15, 0.2) is 5.69 Å². The molecule has 1 aromatic carbocycles. The molecule has 11 heteroatoms. The number of halogens is 1. The van der Waals surface area contributed by atoms with Crippen LogP contribution in [0.25, 0.3) is 0 Å². The number of aryl methyl sites for hydroxylation is 1. The third-order valence-corrected chi connectivity index (χ3v) is 5.77. The Labute approximate surface area is 207 Å². The molecule has 3 rings (SSSR count). The van der Waals surface area contributed by atoms with Crippen molar-refractivity contribution in [1.29, 1.82) is 0 Å². The number of carbonyl (C=O) groups excluding carboxylic acids is 4. The minimum atomic E-state index is -1.06. The molecule has 36 heavy (non-hydrogen) atoms. The predicted octanol–water partition coefficient (Wildman–Crippen LogP) is 1.59. The Balaban J connectivity index is 1.79. The maximum atomic E-state index is 13.4. The third-order valence-electron chi connectivity index (χ3n) is 5.77. The van der Waals surface area contributed by atoms with E-state index in [4.69, 9.17) is 4.52 Å². The summed E-state index contributed by atoms with van der Waals surface area (Å²) in [6, 6.07) is 5.24. The van der Waals surface area contributed by atoms with Crippen LogP contribution in [-0.2, 0) is 25.5 Å². The van der Waals surface area contributed by atoms with Gasteiger partial charge in [0.1, 0.15) is 17.6 Å². The van der Waals surface area contributed by atoms with E-state index >= 15 is 0 Å². The fourth-order valence-corrected chi connectivity index (χ4v) is 3.87. The van der Waals surface area contributed by atoms with Gasteiger partial charge in [0, 0.05) is 37.1 Å². The number of ether oxygens (including phenoxy) is 1. The quantitative estimate of drug-likeness (QED) is 0.333. The fourth-order valence-electron chi connectivity index (χ4n) is 3.87.